The molecule has 0 bridgehead atoms. The van der Waals surface area contributed by atoms with Crippen LogP contribution in [0.2, 0.25) is 22.2 Å². The van der Waals surface area contributed by atoms with Crippen LogP contribution in [0.4, 0.5) is 5.95 Å². The summed E-state index contributed by atoms with van der Waals surface area (Å²) in [5, 5.41) is 11.2. The third kappa shape index (κ3) is 6.04. The number of H-pyrrole nitrogens is 1. The summed E-state index contributed by atoms with van der Waals surface area (Å²) in [4.78, 5) is 34.9. The van der Waals surface area contributed by atoms with Gasteiger partial charge in [-0.05, 0) is 22.2 Å². The van der Waals surface area contributed by atoms with E-state index in [0.717, 1.165) is 0 Å². The molecule has 14 heteroatoms. The molecule has 1 fully saturated rings. The number of nitrogens with one attached hydrogen (secondary N) is 1. The Bertz CT molecular complexity index is 1150. The number of fused-ring (bicyclic) bond motifs is 1. The first-order valence-corrected chi connectivity index (χ1v) is 16.7. The smallest absolute Gasteiger partial charge is 0.333 e. The minimum atomic E-state index is -2.78. The number of ether oxygens (including phenoxy) is 2. The minimum absolute atomic E-state index is 0.0477. The Balaban J connectivity index is 1.93. The molecule has 3 rings (SSSR count). The van der Waals surface area contributed by atoms with Gasteiger partial charge in [0.2, 0.25) is 15.0 Å². The van der Waals surface area contributed by atoms with Crippen LogP contribution in [0, 0.1) is 0 Å². The molecule has 0 aliphatic carbocycles. The molecule has 4 atom stereocenters. The first-order chi connectivity index (χ1) is 17.7. The van der Waals surface area contributed by atoms with Gasteiger partial charge in [-0.25, -0.2) is 4.98 Å². The number of anilines is 1. The lowest BCUT2D eigenvalue weighted by Gasteiger charge is -2.42. The van der Waals surface area contributed by atoms with Gasteiger partial charge in [0, 0.05) is 6.92 Å². The second-order valence-electron chi connectivity index (χ2n) is 11.1. The van der Waals surface area contributed by atoms with Crippen molar-refractivity contribution >= 4 is 40.7 Å². The Morgan fingerprint density at radius 3 is 2.34 bits per heavy atom. The molecule has 12 nitrogen and oxygen atoms in total. The molecular formula is C24H42N5O7Si2. The van der Waals surface area contributed by atoms with E-state index in [-0.39, 0.29) is 34.8 Å². The van der Waals surface area contributed by atoms with Crippen molar-refractivity contribution in [3.63, 3.8) is 0 Å². The molecule has 1 saturated heterocycles. The predicted octanol–water partition coefficient (Wildman–Crippen LogP) is 3.00. The van der Waals surface area contributed by atoms with Gasteiger partial charge in [0.1, 0.15) is 12.2 Å². The molecule has 38 heavy (non-hydrogen) atoms. The number of esters is 1. The van der Waals surface area contributed by atoms with E-state index >= 15 is 0 Å². The van der Waals surface area contributed by atoms with Gasteiger partial charge < -0.3 is 28.9 Å². The number of aromatic nitrogens is 4. The maximum absolute atomic E-state index is 12.3. The van der Waals surface area contributed by atoms with Crippen LogP contribution in [0.5, 0.6) is 0 Å². The molecule has 1 aliphatic heterocycles. The second kappa shape index (κ2) is 12.0. The first kappa shape index (κ1) is 30.4. The van der Waals surface area contributed by atoms with Crippen LogP contribution >= 0.6 is 0 Å². The van der Waals surface area contributed by atoms with Gasteiger partial charge in [-0.1, -0.05) is 55.4 Å². The second-order valence-corrected chi connectivity index (χ2v) is 19.0. The van der Waals surface area contributed by atoms with Gasteiger partial charge >= 0.3 is 14.5 Å². The molecule has 0 spiro atoms. The van der Waals surface area contributed by atoms with Crippen LogP contribution in [0.25, 0.3) is 11.2 Å². The van der Waals surface area contributed by atoms with Crippen molar-refractivity contribution in [3.8, 4) is 0 Å². The number of carbonyl (C=O) groups is 1. The molecule has 1 aliphatic rings. The molecule has 0 amide bonds. The fourth-order valence-electron chi connectivity index (χ4n) is 5.09. The van der Waals surface area contributed by atoms with Gasteiger partial charge in [0.05, 0.1) is 12.9 Å². The Kier molecular flexibility index (Phi) is 9.58. The van der Waals surface area contributed by atoms with E-state index in [9.17, 15) is 14.7 Å². The lowest BCUT2D eigenvalue weighted by Crippen LogP contribution is -2.54. The summed E-state index contributed by atoms with van der Waals surface area (Å²) in [7, 11) is -3.97. The summed E-state index contributed by atoms with van der Waals surface area (Å²) in [5.41, 5.74) is 6.53. The van der Waals surface area contributed by atoms with E-state index in [1.165, 1.54) is 17.8 Å². The first-order valence-electron chi connectivity index (χ1n) is 13.1. The van der Waals surface area contributed by atoms with E-state index in [4.69, 9.17) is 23.7 Å². The lowest BCUT2D eigenvalue weighted by molar-refractivity contribution is -0.155. The van der Waals surface area contributed by atoms with E-state index in [2.05, 4.69) is 70.3 Å². The summed E-state index contributed by atoms with van der Waals surface area (Å²) in [6, 6.07) is 0. The maximum atomic E-state index is 12.3. The van der Waals surface area contributed by atoms with Crippen LogP contribution in [0.1, 0.15) is 68.5 Å². The van der Waals surface area contributed by atoms with E-state index < -0.39 is 53.7 Å². The number of nitrogens with two attached hydrogens (primary N) is 1. The third-order valence-electron chi connectivity index (χ3n) is 6.84. The number of nitrogens with zero attached hydrogens (tertiary/aromatic N) is 3. The Morgan fingerprint density at radius 2 is 1.82 bits per heavy atom. The van der Waals surface area contributed by atoms with Crippen LogP contribution in [0.15, 0.2) is 11.1 Å². The fraction of sp³-hybridized carbons (Fsp3) is 0.750. The Morgan fingerprint density at radius 1 is 1.21 bits per heavy atom. The number of rotatable bonds is 11. The van der Waals surface area contributed by atoms with Crippen molar-refractivity contribution in [1.29, 1.82) is 0 Å². The highest BCUT2D eigenvalue weighted by atomic mass is 28.4. The fourth-order valence-corrected chi connectivity index (χ4v) is 14.3. The number of aliphatic hydroxyl groups excluding tert-OH is 1. The van der Waals surface area contributed by atoms with Crippen LogP contribution in [-0.2, 0) is 22.8 Å². The number of nitrogen functional groups attached to an aromatic ring is 1. The molecule has 2 aromatic heterocycles. The molecule has 213 valence electrons. The van der Waals surface area contributed by atoms with Crippen LogP contribution in [-0.4, -0.2) is 73.1 Å². The van der Waals surface area contributed by atoms with Crippen molar-refractivity contribution in [2.45, 2.75) is 109 Å². The van der Waals surface area contributed by atoms with Crippen LogP contribution < -0.4 is 11.3 Å². The summed E-state index contributed by atoms with van der Waals surface area (Å²) >= 11 is 0. The zero-order valence-corrected chi connectivity index (χ0v) is 25.7. The minimum Gasteiger partial charge on any atom is -0.455 e. The average molecular weight is 569 g/mol. The third-order valence-corrected chi connectivity index (χ3v) is 15.2. The summed E-state index contributed by atoms with van der Waals surface area (Å²) in [5.74, 6) is -0.682. The van der Waals surface area contributed by atoms with E-state index in [0.29, 0.717) is 11.1 Å². The van der Waals surface area contributed by atoms with Gasteiger partial charge in [-0.3, -0.25) is 19.1 Å². The Hall–Kier alpha value is -2.11. The highest BCUT2D eigenvalue weighted by Gasteiger charge is 2.52. The lowest BCUT2D eigenvalue weighted by atomic mass is 10.1. The number of hydrogen-bond acceptors (Lipinski definition) is 10. The van der Waals surface area contributed by atoms with E-state index in [1.807, 2.05) is 0 Å². The van der Waals surface area contributed by atoms with Crippen molar-refractivity contribution in [1.82, 2.24) is 19.5 Å². The van der Waals surface area contributed by atoms with Gasteiger partial charge in [-0.2, -0.15) is 4.98 Å². The average Bonchev–Trinajstić information content (AvgIpc) is 3.34. The highest BCUT2D eigenvalue weighted by molar-refractivity contribution is 6.78. The highest BCUT2D eigenvalue weighted by Crippen LogP contribution is 2.40. The van der Waals surface area contributed by atoms with Crippen molar-refractivity contribution in [3.05, 3.63) is 16.7 Å². The van der Waals surface area contributed by atoms with Gasteiger partial charge in [-0.15, -0.1) is 0 Å². The maximum Gasteiger partial charge on any atom is 0.333 e. The standard InChI is InChI=1S/C24H42N5O7Si2/c1-12(2)37(13(3)4)36-38(14(5)6,15(7)8)33-10-17-19(31)20(34-16(9)30)23(35-17)29-11-26-18-21(29)27-24(25)28-22(18)32/h11-15,17,19-20,23,31H,10H2,1-9H3,(H3,25,27,28,32)/t17-,19?,20-,23-/m1/s1. The summed E-state index contributed by atoms with van der Waals surface area (Å²) in [6.07, 6.45) is -2.76. The largest absolute Gasteiger partial charge is 0.455 e. The number of aromatic amines is 1. The van der Waals surface area contributed by atoms with Gasteiger partial charge in [0.25, 0.3) is 5.56 Å². The molecule has 0 aromatic carbocycles. The Labute approximate surface area is 226 Å². The molecule has 4 N–H and O–H groups in total. The molecule has 0 saturated carbocycles. The zero-order valence-electron chi connectivity index (χ0n) is 23.7. The SMILES string of the molecule is CC(=O)O[C@@H]1C(O)[C@@H](CO[Si](O[Si](C(C)C)C(C)C)(C(C)C)C(C)C)O[C@H]1n1cnc2c(=O)[nH]c(N)nc21. The van der Waals surface area contributed by atoms with Crippen LogP contribution in [0.3, 0.4) is 0 Å². The van der Waals surface area contributed by atoms with E-state index in [1.54, 1.807) is 0 Å². The monoisotopic (exact) mass is 568 g/mol. The van der Waals surface area contributed by atoms with Gasteiger partial charge in [0.15, 0.2) is 23.5 Å². The number of hydrogen-bond donors (Lipinski definition) is 3. The summed E-state index contributed by atoms with van der Waals surface area (Å²) in [6.45, 7) is 18.5. The van der Waals surface area contributed by atoms with Crippen molar-refractivity contribution in [2.75, 3.05) is 12.3 Å². The molecular weight excluding hydrogens is 526 g/mol. The molecule has 2 aromatic rings. The quantitative estimate of drug-likeness (QED) is 0.271. The normalized spacial score (nSPS) is 22.6. The molecule has 1 radical (unpaired) electrons. The number of aliphatic hydroxyl groups is 1. The topological polar surface area (TPSA) is 164 Å². The predicted molar refractivity (Wildman–Crippen MR) is 147 cm³/mol. The number of imidazole rings is 1. The summed E-state index contributed by atoms with van der Waals surface area (Å²) < 4.78 is 26.8. The van der Waals surface area contributed by atoms with Crippen molar-refractivity contribution < 1.29 is 27.9 Å². The molecule has 1 unspecified atom stereocenters. The number of carbonyl (C=O) groups excluding carboxylic acids is 1. The zero-order chi connectivity index (χ0) is 28.5. The van der Waals surface area contributed by atoms with Crippen molar-refractivity contribution in [2.24, 2.45) is 0 Å². The molecule has 3 heterocycles.